The fourth-order valence-electron chi connectivity index (χ4n) is 2.99. The normalized spacial score (nSPS) is 11.4. The Bertz CT molecular complexity index is 1190. The van der Waals surface area contributed by atoms with Crippen LogP contribution in [0.3, 0.4) is 0 Å². The van der Waals surface area contributed by atoms with Gasteiger partial charge in [-0.25, -0.2) is 8.42 Å². The van der Waals surface area contributed by atoms with Crippen LogP contribution in [0.5, 0.6) is 11.5 Å². The highest BCUT2D eigenvalue weighted by molar-refractivity contribution is 7.92. The monoisotopic (exact) mass is 469 g/mol. The molecular formula is C20H21Cl2N3O4S. The average molecular weight is 470 g/mol. The van der Waals surface area contributed by atoms with Crippen LogP contribution in [0.25, 0.3) is 0 Å². The molecular weight excluding hydrogens is 449 g/mol. The number of aromatic nitrogens is 2. The molecule has 0 spiro atoms. The zero-order valence-corrected chi connectivity index (χ0v) is 19.2. The number of hydrogen-bond acceptors (Lipinski definition) is 5. The van der Waals surface area contributed by atoms with Crippen LogP contribution in [0, 0.1) is 13.8 Å². The maximum atomic E-state index is 12.9. The molecule has 7 nitrogen and oxygen atoms in total. The van der Waals surface area contributed by atoms with Gasteiger partial charge in [-0.2, -0.15) is 5.10 Å². The Morgan fingerprint density at radius 1 is 1.00 bits per heavy atom. The molecule has 0 atom stereocenters. The van der Waals surface area contributed by atoms with Crippen molar-refractivity contribution in [2.24, 2.45) is 0 Å². The molecule has 1 aromatic heterocycles. The van der Waals surface area contributed by atoms with Gasteiger partial charge in [0, 0.05) is 6.07 Å². The van der Waals surface area contributed by atoms with Crippen LogP contribution in [0.15, 0.2) is 41.3 Å². The number of anilines is 1. The number of benzene rings is 2. The lowest BCUT2D eigenvalue weighted by atomic mass is 10.2. The van der Waals surface area contributed by atoms with E-state index in [1.54, 1.807) is 36.7 Å². The molecule has 0 fully saturated rings. The van der Waals surface area contributed by atoms with E-state index in [9.17, 15) is 8.42 Å². The number of nitrogens with one attached hydrogen (secondary N) is 1. The minimum Gasteiger partial charge on any atom is -0.493 e. The Morgan fingerprint density at radius 3 is 2.33 bits per heavy atom. The number of nitrogens with zero attached hydrogens (tertiary/aromatic N) is 2. The van der Waals surface area contributed by atoms with Gasteiger partial charge in [0.2, 0.25) is 0 Å². The van der Waals surface area contributed by atoms with E-state index in [0.29, 0.717) is 45.2 Å². The summed E-state index contributed by atoms with van der Waals surface area (Å²) in [5, 5.41) is 5.38. The van der Waals surface area contributed by atoms with Crippen molar-refractivity contribution in [1.82, 2.24) is 9.78 Å². The third kappa shape index (κ3) is 4.50. The summed E-state index contributed by atoms with van der Waals surface area (Å²) in [5.74, 6) is 0.766. The lowest BCUT2D eigenvalue weighted by molar-refractivity contribution is 0.354. The van der Waals surface area contributed by atoms with Crippen molar-refractivity contribution in [2.75, 3.05) is 18.9 Å². The lowest BCUT2D eigenvalue weighted by Crippen LogP contribution is -2.14. The van der Waals surface area contributed by atoms with Gasteiger partial charge in [-0.1, -0.05) is 29.3 Å². The topological polar surface area (TPSA) is 82.5 Å². The van der Waals surface area contributed by atoms with E-state index in [2.05, 4.69) is 9.82 Å². The third-order valence-corrected chi connectivity index (χ3v) is 6.69. The number of halogens is 2. The Hall–Kier alpha value is -2.42. The molecule has 10 heteroatoms. The maximum absolute atomic E-state index is 12.9. The van der Waals surface area contributed by atoms with Gasteiger partial charge in [-0.15, -0.1) is 0 Å². The summed E-state index contributed by atoms with van der Waals surface area (Å²) in [6.45, 7) is 3.95. The fourth-order valence-corrected chi connectivity index (χ4v) is 4.50. The number of ether oxygens (including phenoxy) is 2. The van der Waals surface area contributed by atoms with Crippen LogP contribution < -0.4 is 14.2 Å². The summed E-state index contributed by atoms with van der Waals surface area (Å²) in [6.07, 6.45) is 0. The summed E-state index contributed by atoms with van der Waals surface area (Å²) in [5.41, 5.74) is 2.54. The second-order valence-corrected chi connectivity index (χ2v) is 9.07. The summed E-state index contributed by atoms with van der Waals surface area (Å²) in [6, 6.07) is 9.72. The first-order valence-electron chi connectivity index (χ1n) is 8.89. The number of aryl methyl sites for hydroxylation is 1. The molecule has 0 saturated heterocycles. The second-order valence-electron chi connectivity index (χ2n) is 6.57. The van der Waals surface area contributed by atoms with Gasteiger partial charge in [0.25, 0.3) is 10.0 Å². The largest absolute Gasteiger partial charge is 0.493 e. The van der Waals surface area contributed by atoms with Gasteiger partial charge in [-0.05, 0) is 43.7 Å². The van der Waals surface area contributed by atoms with Gasteiger partial charge in [-0.3, -0.25) is 9.40 Å². The van der Waals surface area contributed by atoms with Crippen molar-refractivity contribution in [3.05, 3.63) is 63.4 Å². The van der Waals surface area contributed by atoms with Crippen molar-refractivity contribution in [3.63, 3.8) is 0 Å². The van der Waals surface area contributed by atoms with E-state index >= 15 is 0 Å². The van der Waals surface area contributed by atoms with Crippen molar-refractivity contribution >= 4 is 38.9 Å². The van der Waals surface area contributed by atoms with E-state index in [0.717, 1.165) is 5.56 Å². The third-order valence-electron chi connectivity index (χ3n) is 4.60. The van der Waals surface area contributed by atoms with E-state index in [1.165, 1.54) is 26.4 Å². The molecule has 3 aromatic rings. The van der Waals surface area contributed by atoms with Crippen LogP contribution in [0.2, 0.25) is 10.0 Å². The first kappa shape index (κ1) is 22.3. The molecule has 0 aliphatic rings. The first-order chi connectivity index (χ1) is 14.2. The van der Waals surface area contributed by atoms with E-state index < -0.39 is 10.0 Å². The van der Waals surface area contributed by atoms with Crippen molar-refractivity contribution in [3.8, 4) is 11.5 Å². The fraction of sp³-hybridized carbons (Fsp3) is 0.250. The number of methoxy groups -OCH3 is 2. The van der Waals surface area contributed by atoms with Crippen LogP contribution >= 0.6 is 23.2 Å². The Kier molecular flexibility index (Phi) is 6.50. The predicted octanol–water partition coefficient (Wildman–Crippen LogP) is 4.67. The quantitative estimate of drug-likeness (QED) is 0.543. The van der Waals surface area contributed by atoms with Crippen LogP contribution in [-0.4, -0.2) is 32.4 Å². The van der Waals surface area contributed by atoms with Gasteiger partial charge in [0.1, 0.15) is 0 Å². The molecule has 3 rings (SSSR count). The molecule has 0 radical (unpaired) electrons. The highest BCUT2D eigenvalue weighted by Gasteiger charge is 2.21. The van der Waals surface area contributed by atoms with Gasteiger partial charge >= 0.3 is 0 Å². The zero-order valence-electron chi connectivity index (χ0n) is 16.9. The number of rotatable bonds is 7. The molecule has 0 amide bonds. The molecule has 160 valence electrons. The highest BCUT2D eigenvalue weighted by Crippen LogP contribution is 2.31. The van der Waals surface area contributed by atoms with Crippen molar-refractivity contribution in [2.45, 2.75) is 25.3 Å². The molecule has 0 aliphatic carbocycles. The number of hydrogen-bond donors (Lipinski definition) is 1. The molecule has 0 aliphatic heterocycles. The van der Waals surface area contributed by atoms with E-state index in [-0.39, 0.29) is 4.90 Å². The molecule has 0 bridgehead atoms. The average Bonchev–Trinajstić information content (AvgIpc) is 2.97. The van der Waals surface area contributed by atoms with Gasteiger partial charge in [0.05, 0.1) is 52.8 Å². The predicted molar refractivity (Wildman–Crippen MR) is 118 cm³/mol. The maximum Gasteiger partial charge on any atom is 0.262 e. The van der Waals surface area contributed by atoms with Crippen molar-refractivity contribution in [1.29, 1.82) is 0 Å². The van der Waals surface area contributed by atoms with Crippen LogP contribution in [-0.2, 0) is 16.6 Å². The van der Waals surface area contributed by atoms with E-state index in [1.807, 2.05) is 6.07 Å². The molecule has 2 aromatic carbocycles. The first-order valence-corrected chi connectivity index (χ1v) is 11.1. The minimum atomic E-state index is -3.87. The molecule has 0 unspecified atom stereocenters. The van der Waals surface area contributed by atoms with Gasteiger partial charge < -0.3 is 9.47 Å². The zero-order chi connectivity index (χ0) is 22.1. The lowest BCUT2D eigenvalue weighted by Gasteiger charge is -2.12. The van der Waals surface area contributed by atoms with Gasteiger partial charge in [0.15, 0.2) is 11.5 Å². The Balaban J connectivity index is 1.90. The molecule has 1 N–H and O–H groups in total. The summed E-state index contributed by atoms with van der Waals surface area (Å²) < 4.78 is 40.6. The number of sulfonamides is 1. The smallest absolute Gasteiger partial charge is 0.262 e. The van der Waals surface area contributed by atoms with Crippen LogP contribution in [0.1, 0.15) is 17.0 Å². The van der Waals surface area contributed by atoms with Crippen molar-refractivity contribution < 1.29 is 17.9 Å². The summed E-state index contributed by atoms with van der Waals surface area (Å²) in [4.78, 5) is 0.0520. The highest BCUT2D eigenvalue weighted by atomic mass is 35.5. The second kappa shape index (κ2) is 8.75. The Labute approximate surface area is 185 Å². The summed E-state index contributed by atoms with van der Waals surface area (Å²) in [7, 11) is -0.932. The molecule has 1 heterocycles. The standard InChI is InChI=1S/C20H21Cl2N3O4S/c1-12-20(13(2)25(23-12)11-14-5-7-16(21)17(22)9-14)24-30(26,27)15-6-8-18(28-3)19(10-15)29-4/h5-10,24H,11H2,1-4H3. The SMILES string of the molecule is COc1ccc(S(=O)(=O)Nc2c(C)nn(Cc3ccc(Cl)c(Cl)c3)c2C)cc1OC. The molecule has 30 heavy (non-hydrogen) atoms. The Morgan fingerprint density at radius 2 is 1.70 bits per heavy atom. The minimum absolute atomic E-state index is 0.0520. The van der Waals surface area contributed by atoms with Crippen LogP contribution in [0.4, 0.5) is 5.69 Å². The van der Waals surface area contributed by atoms with E-state index in [4.69, 9.17) is 32.7 Å². The summed E-state index contributed by atoms with van der Waals surface area (Å²) >= 11 is 12.1. The molecule has 0 saturated carbocycles.